The second-order valence-electron chi connectivity index (χ2n) is 5.43. The molecule has 2 atom stereocenters. The van der Waals surface area contributed by atoms with E-state index in [1.807, 2.05) is 6.92 Å². The monoisotopic (exact) mass is 310 g/mol. The van der Waals surface area contributed by atoms with Gasteiger partial charge in [-0.25, -0.2) is 0 Å². The maximum atomic E-state index is 10.7. The van der Waals surface area contributed by atoms with E-state index in [4.69, 9.17) is 15.6 Å². The van der Waals surface area contributed by atoms with Crippen LogP contribution in [0.5, 0.6) is 5.75 Å². The topological polar surface area (TPSA) is 116 Å². The van der Waals surface area contributed by atoms with Gasteiger partial charge in [0.1, 0.15) is 5.75 Å². The number of nitro benzene ring substituents is 1. The maximum Gasteiger partial charge on any atom is 0.303 e. The van der Waals surface area contributed by atoms with Crippen LogP contribution < -0.4 is 10.5 Å². The molecule has 22 heavy (non-hydrogen) atoms. The lowest BCUT2D eigenvalue weighted by atomic mass is 9.91. The molecule has 0 aliphatic heterocycles. The molecule has 0 aliphatic rings. The fourth-order valence-corrected chi connectivity index (χ4v) is 2.24. The zero-order chi connectivity index (χ0) is 16.5. The van der Waals surface area contributed by atoms with Crippen molar-refractivity contribution in [3.05, 3.63) is 34.4 Å². The second kappa shape index (κ2) is 8.99. The van der Waals surface area contributed by atoms with Gasteiger partial charge in [0, 0.05) is 18.6 Å². The average Bonchev–Trinajstić information content (AvgIpc) is 2.46. The van der Waals surface area contributed by atoms with Gasteiger partial charge in [-0.05, 0) is 43.4 Å². The van der Waals surface area contributed by atoms with Gasteiger partial charge in [-0.1, -0.05) is 6.92 Å². The lowest BCUT2D eigenvalue weighted by molar-refractivity contribution is -0.384. The van der Waals surface area contributed by atoms with Crippen molar-refractivity contribution in [3.63, 3.8) is 0 Å². The molecule has 3 N–H and O–H groups in total. The fraction of sp³-hybridized carbons (Fsp3) is 0.533. The third-order valence-corrected chi connectivity index (χ3v) is 3.46. The van der Waals surface area contributed by atoms with E-state index < -0.39 is 10.9 Å². The van der Waals surface area contributed by atoms with Crippen LogP contribution in [0.1, 0.15) is 26.2 Å². The summed E-state index contributed by atoms with van der Waals surface area (Å²) in [5.74, 6) is 0.0290. The molecule has 0 radical (unpaired) electrons. The summed E-state index contributed by atoms with van der Waals surface area (Å²) >= 11 is 0. The Morgan fingerprint density at radius 1 is 1.41 bits per heavy atom. The lowest BCUT2D eigenvalue weighted by Crippen LogP contribution is -2.21. The van der Waals surface area contributed by atoms with Gasteiger partial charge in [0.25, 0.3) is 5.69 Å². The standard InChI is InChI=1S/C15H22N2O5/c1-11(8-12(10-16)9-15(18)19)6-7-22-14-4-2-13(3-5-14)17(20)21/h2-5,11-12H,6-10,16H2,1H3,(H,18,19)/t11-,12+/m1/s1. The van der Waals surface area contributed by atoms with E-state index >= 15 is 0 Å². The summed E-state index contributed by atoms with van der Waals surface area (Å²) in [5.41, 5.74) is 5.61. The molecular formula is C15H22N2O5. The van der Waals surface area contributed by atoms with E-state index in [0.717, 1.165) is 12.8 Å². The first kappa shape index (κ1) is 17.9. The quantitative estimate of drug-likeness (QED) is 0.506. The van der Waals surface area contributed by atoms with Crippen LogP contribution in [0, 0.1) is 22.0 Å². The zero-order valence-electron chi connectivity index (χ0n) is 12.6. The van der Waals surface area contributed by atoms with E-state index in [1.54, 1.807) is 12.1 Å². The van der Waals surface area contributed by atoms with E-state index in [1.165, 1.54) is 12.1 Å². The Bertz CT molecular complexity index is 489. The number of carboxylic acids is 1. The van der Waals surface area contributed by atoms with Crippen LogP contribution in [-0.2, 0) is 4.79 Å². The molecular weight excluding hydrogens is 288 g/mol. The molecule has 7 heteroatoms. The Kier molecular flexibility index (Phi) is 7.31. The van der Waals surface area contributed by atoms with Crippen molar-refractivity contribution in [1.82, 2.24) is 0 Å². The maximum absolute atomic E-state index is 10.7. The molecule has 0 saturated heterocycles. The highest BCUT2D eigenvalue weighted by atomic mass is 16.6. The molecule has 0 heterocycles. The number of hydrogen-bond donors (Lipinski definition) is 2. The Morgan fingerprint density at radius 3 is 2.55 bits per heavy atom. The number of carbonyl (C=O) groups is 1. The number of nitrogens with zero attached hydrogens (tertiary/aromatic N) is 1. The van der Waals surface area contributed by atoms with Crippen molar-refractivity contribution < 1.29 is 19.6 Å². The molecule has 0 aliphatic carbocycles. The second-order valence-corrected chi connectivity index (χ2v) is 5.43. The highest BCUT2D eigenvalue weighted by Crippen LogP contribution is 2.20. The number of nitrogens with two attached hydrogens (primary N) is 1. The van der Waals surface area contributed by atoms with E-state index in [2.05, 4.69) is 0 Å². The van der Waals surface area contributed by atoms with Crippen LogP contribution in [0.3, 0.4) is 0 Å². The molecule has 1 aromatic rings. The Morgan fingerprint density at radius 2 is 2.05 bits per heavy atom. The summed E-state index contributed by atoms with van der Waals surface area (Å²) < 4.78 is 5.54. The van der Waals surface area contributed by atoms with Crippen molar-refractivity contribution in [1.29, 1.82) is 0 Å². The number of benzene rings is 1. The SMILES string of the molecule is C[C@H](CCOc1ccc([N+](=O)[O-])cc1)C[C@H](CN)CC(=O)O. The first-order valence-corrected chi connectivity index (χ1v) is 7.21. The van der Waals surface area contributed by atoms with Crippen molar-refractivity contribution in [2.24, 2.45) is 17.6 Å². The van der Waals surface area contributed by atoms with Crippen LogP contribution in [0.25, 0.3) is 0 Å². The first-order chi connectivity index (χ1) is 10.4. The van der Waals surface area contributed by atoms with Gasteiger partial charge in [-0.15, -0.1) is 0 Å². The first-order valence-electron chi connectivity index (χ1n) is 7.21. The molecule has 0 bridgehead atoms. The minimum Gasteiger partial charge on any atom is -0.494 e. The number of aliphatic carboxylic acids is 1. The van der Waals surface area contributed by atoms with Gasteiger partial charge in [0.2, 0.25) is 0 Å². The smallest absolute Gasteiger partial charge is 0.303 e. The van der Waals surface area contributed by atoms with Crippen molar-refractivity contribution in [2.75, 3.05) is 13.2 Å². The molecule has 1 aromatic carbocycles. The number of non-ortho nitro benzene ring substituents is 1. The predicted octanol–water partition coefficient (Wildman–Crippen LogP) is 2.44. The average molecular weight is 310 g/mol. The molecule has 122 valence electrons. The largest absolute Gasteiger partial charge is 0.494 e. The molecule has 0 saturated carbocycles. The summed E-state index contributed by atoms with van der Waals surface area (Å²) in [4.78, 5) is 20.8. The predicted molar refractivity (Wildman–Crippen MR) is 81.8 cm³/mol. The Hall–Kier alpha value is -2.15. The molecule has 1 rings (SSSR count). The van der Waals surface area contributed by atoms with E-state index in [9.17, 15) is 14.9 Å². The van der Waals surface area contributed by atoms with Gasteiger partial charge in [-0.3, -0.25) is 14.9 Å². The summed E-state index contributed by atoms with van der Waals surface area (Å²) in [6.45, 7) is 2.87. The molecule has 0 spiro atoms. The highest BCUT2D eigenvalue weighted by molar-refractivity contribution is 5.67. The van der Waals surface area contributed by atoms with Crippen LogP contribution in [0.15, 0.2) is 24.3 Å². The number of ether oxygens (including phenoxy) is 1. The van der Waals surface area contributed by atoms with Gasteiger partial charge < -0.3 is 15.6 Å². The molecule has 0 aromatic heterocycles. The minimum absolute atomic E-state index is 0.0214. The van der Waals surface area contributed by atoms with Crippen molar-refractivity contribution >= 4 is 11.7 Å². The Balaban J connectivity index is 2.33. The van der Waals surface area contributed by atoms with Gasteiger partial charge in [0.05, 0.1) is 11.5 Å². The zero-order valence-corrected chi connectivity index (χ0v) is 12.6. The molecule has 0 fully saturated rings. The van der Waals surface area contributed by atoms with Crippen LogP contribution >= 0.6 is 0 Å². The van der Waals surface area contributed by atoms with Crippen molar-refractivity contribution in [3.8, 4) is 5.75 Å². The van der Waals surface area contributed by atoms with Gasteiger partial charge in [0.15, 0.2) is 0 Å². The summed E-state index contributed by atoms with van der Waals surface area (Å²) in [6.07, 6.45) is 1.60. The molecule has 0 unspecified atom stereocenters. The summed E-state index contributed by atoms with van der Waals surface area (Å²) in [7, 11) is 0. The van der Waals surface area contributed by atoms with Crippen molar-refractivity contribution in [2.45, 2.75) is 26.2 Å². The van der Waals surface area contributed by atoms with Crippen LogP contribution in [0.4, 0.5) is 5.69 Å². The van der Waals surface area contributed by atoms with Crippen LogP contribution in [0.2, 0.25) is 0 Å². The Labute approximate surface area is 129 Å². The summed E-state index contributed by atoms with van der Waals surface area (Å²) in [6, 6.07) is 5.93. The number of carboxylic acid groups (broad SMARTS) is 1. The lowest BCUT2D eigenvalue weighted by Gasteiger charge is -2.18. The molecule has 0 amide bonds. The highest BCUT2D eigenvalue weighted by Gasteiger charge is 2.15. The van der Waals surface area contributed by atoms with Gasteiger partial charge in [-0.2, -0.15) is 0 Å². The number of nitro groups is 1. The molecule has 7 nitrogen and oxygen atoms in total. The summed E-state index contributed by atoms with van der Waals surface area (Å²) in [5, 5.41) is 19.3. The minimum atomic E-state index is -0.829. The third kappa shape index (κ3) is 6.53. The van der Waals surface area contributed by atoms with E-state index in [-0.39, 0.29) is 18.0 Å². The van der Waals surface area contributed by atoms with Crippen LogP contribution in [-0.4, -0.2) is 29.2 Å². The van der Waals surface area contributed by atoms with Gasteiger partial charge >= 0.3 is 5.97 Å². The number of rotatable bonds is 10. The fourth-order valence-electron chi connectivity index (χ4n) is 2.24. The number of hydrogen-bond acceptors (Lipinski definition) is 5. The van der Waals surface area contributed by atoms with E-state index in [0.29, 0.717) is 24.8 Å². The normalized spacial score (nSPS) is 13.4. The third-order valence-electron chi connectivity index (χ3n) is 3.46.